The molecule has 30 heavy (non-hydrogen) atoms. The van der Waals surface area contributed by atoms with Crippen molar-refractivity contribution in [1.82, 2.24) is 9.97 Å². The van der Waals surface area contributed by atoms with Crippen LogP contribution in [0, 0.1) is 0 Å². The number of rotatable bonds is 4. The number of alkyl halides is 3. The van der Waals surface area contributed by atoms with Gasteiger partial charge < -0.3 is 14.8 Å². The normalized spacial score (nSPS) is 20.9. The molecule has 1 atom stereocenters. The zero-order valence-corrected chi connectivity index (χ0v) is 16.7. The van der Waals surface area contributed by atoms with E-state index in [-0.39, 0.29) is 11.6 Å². The van der Waals surface area contributed by atoms with E-state index in [9.17, 15) is 18.0 Å². The quantitative estimate of drug-likeness (QED) is 0.592. The second kappa shape index (κ2) is 8.20. The molecule has 1 aliphatic rings. The van der Waals surface area contributed by atoms with Crippen molar-refractivity contribution < 1.29 is 23.0 Å². The summed E-state index contributed by atoms with van der Waals surface area (Å²) in [5.74, 6) is 0.676. The first-order valence-corrected chi connectivity index (χ1v) is 10.1. The molecule has 0 spiro atoms. The molecule has 2 heterocycles. The number of hydrogen-bond donors (Lipinski definition) is 3. The van der Waals surface area contributed by atoms with Gasteiger partial charge in [0.05, 0.1) is 16.5 Å². The van der Waals surface area contributed by atoms with Gasteiger partial charge in [-0.15, -0.1) is 0 Å². The summed E-state index contributed by atoms with van der Waals surface area (Å²) in [5.41, 5.74) is 0.674. The molecule has 4 rings (SSSR count). The number of nitrogens with zero attached hydrogens (tertiary/aromatic N) is 1. The maximum absolute atomic E-state index is 12.9. The van der Waals surface area contributed by atoms with Crippen molar-refractivity contribution in [1.29, 1.82) is 0 Å². The summed E-state index contributed by atoms with van der Waals surface area (Å²) in [7, 11) is 0. The highest BCUT2D eigenvalue weighted by molar-refractivity contribution is 5.77. The Labute approximate surface area is 172 Å². The van der Waals surface area contributed by atoms with Gasteiger partial charge in [-0.2, -0.15) is 13.2 Å². The molecule has 0 saturated carbocycles. The van der Waals surface area contributed by atoms with E-state index in [1.807, 2.05) is 18.2 Å². The van der Waals surface area contributed by atoms with Gasteiger partial charge in [0, 0.05) is 5.56 Å². The third-order valence-electron chi connectivity index (χ3n) is 5.96. The lowest BCUT2D eigenvalue weighted by Gasteiger charge is -2.32. The van der Waals surface area contributed by atoms with E-state index >= 15 is 0 Å². The summed E-state index contributed by atoms with van der Waals surface area (Å²) in [5, 5.41) is 0.582. The van der Waals surface area contributed by atoms with Crippen LogP contribution in [0.4, 0.5) is 13.2 Å². The second-order valence-corrected chi connectivity index (χ2v) is 7.97. The van der Waals surface area contributed by atoms with Crippen molar-refractivity contribution in [3.63, 3.8) is 0 Å². The van der Waals surface area contributed by atoms with Crippen LogP contribution in [0.25, 0.3) is 10.9 Å². The number of benzene rings is 2. The highest BCUT2D eigenvalue weighted by Gasteiger charge is 2.32. The van der Waals surface area contributed by atoms with E-state index < -0.39 is 11.7 Å². The smallest absolute Gasteiger partial charge is 0.322 e. The molecular weight excluding hydrogens is 393 g/mol. The van der Waals surface area contributed by atoms with E-state index in [0.29, 0.717) is 28.8 Å². The number of fused-ring (bicyclic) bond motifs is 1. The summed E-state index contributed by atoms with van der Waals surface area (Å²) in [4.78, 5) is 22.5. The highest BCUT2D eigenvalue weighted by atomic mass is 19.4. The van der Waals surface area contributed by atoms with Crippen molar-refractivity contribution in [2.75, 3.05) is 26.2 Å². The molecule has 1 saturated heterocycles. The van der Waals surface area contributed by atoms with Crippen molar-refractivity contribution in [3.05, 3.63) is 75.8 Å². The van der Waals surface area contributed by atoms with Crippen LogP contribution >= 0.6 is 0 Å². The predicted molar refractivity (Wildman–Crippen MR) is 107 cm³/mol. The van der Waals surface area contributed by atoms with E-state index in [4.69, 9.17) is 0 Å². The Balaban J connectivity index is 1.41. The number of para-hydroxylation sites is 1. The number of quaternary nitrogens is 2. The third-order valence-corrected chi connectivity index (χ3v) is 5.96. The molecule has 1 fully saturated rings. The first-order chi connectivity index (χ1) is 14.3. The molecule has 0 unspecified atom stereocenters. The molecule has 3 N–H and O–H groups in total. The number of piperazine rings is 1. The van der Waals surface area contributed by atoms with Crippen LogP contribution < -0.4 is 15.4 Å². The lowest BCUT2D eigenvalue weighted by atomic mass is 10.1. The molecule has 1 aromatic heterocycles. The summed E-state index contributed by atoms with van der Waals surface area (Å²) < 4.78 is 38.8. The number of hydrogen-bond acceptors (Lipinski definition) is 2. The summed E-state index contributed by atoms with van der Waals surface area (Å²) in [6.45, 7) is 6.08. The van der Waals surface area contributed by atoms with Crippen LogP contribution in [-0.2, 0) is 12.7 Å². The van der Waals surface area contributed by atoms with Crippen molar-refractivity contribution >= 4 is 10.9 Å². The Morgan fingerprint density at radius 3 is 2.53 bits per heavy atom. The van der Waals surface area contributed by atoms with Crippen LogP contribution in [0.1, 0.15) is 29.9 Å². The molecule has 0 amide bonds. The van der Waals surface area contributed by atoms with Gasteiger partial charge in [-0.3, -0.25) is 4.79 Å². The highest BCUT2D eigenvalue weighted by Crippen LogP contribution is 2.29. The fourth-order valence-electron chi connectivity index (χ4n) is 4.18. The zero-order chi connectivity index (χ0) is 21.3. The van der Waals surface area contributed by atoms with E-state index in [2.05, 4.69) is 16.9 Å². The molecule has 158 valence electrons. The van der Waals surface area contributed by atoms with Gasteiger partial charge in [0.2, 0.25) is 0 Å². The van der Waals surface area contributed by atoms with E-state index in [1.165, 1.54) is 21.9 Å². The average molecular weight is 418 g/mol. The van der Waals surface area contributed by atoms with Crippen LogP contribution in [-0.4, -0.2) is 36.1 Å². The van der Waals surface area contributed by atoms with Gasteiger partial charge in [0.1, 0.15) is 38.8 Å². The van der Waals surface area contributed by atoms with Gasteiger partial charge in [-0.25, -0.2) is 4.98 Å². The summed E-state index contributed by atoms with van der Waals surface area (Å²) in [6, 6.07) is 12.9. The van der Waals surface area contributed by atoms with Gasteiger partial charge >= 0.3 is 6.18 Å². The van der Waals surface area contributed by atoms with Crippen LogP contribution in [0.2, 0.25) is 0 Å². The minimum absolute atomic E-state index is 0.0393. The molecule has 1 aliphatic heterocycles. The Kier molecular flexibility index (Phi) is 5.62. The van der Waals surface area contributed by atoms with Crippen LogP contribution in [0.15, 0.2) is 53.3 Å². The maximum Gasteiger partial charge on any atom is 0.416 e. The number of aromatic nitrogens is 2. The molecule has 2 aromatic carbocycles. The van der Waals surface area contributed by atoms with Crippen molar-refractivity contribution in [2.45, 2.75) is 25.7 Å². The van der Waals surface area contributed by atoms with Crippen LogP contribution in [0.5, 0.6) is 0 Å². The van der Waals surface area contributed by atoms with E-state index in [0.717, 1.165) is 32.2 Å². The van der Waals surface area contributed by atoms with Crippen LogP contribution in [0.3, 0.4) is 0 Å². The minimum Gasteiger partial charge on any atom is -0.322 e. The molecule has 5 nitrogen and oxygen atoms in total. The molecule has 0 bridgehead atoms. The van der Waals surface area contributed by atoms with Crippen molar-refractivity contribution in [3.8, 4) is 0 Å². The number of aromatic amines is 1. The number of halogens is 3. The Morgan fingerprint density at radius 1 is 1.07 bits per heavy atom. The maximum atomic E-state index is 12.9. The minimum atomic E-state index is -4.31. The first-order valence-electron chi connectivity index (χ1n) is 10.1. The van der Waals surface area contributed by atoms with Gasteiger partial charge in [0.15, 0.2) is 5.82 Å². The fourth-order valence-corrected chi connectivity index (χ4v) is 4.18. The third kappa shape index (κ3) is 4.39. The largest absolute Gasteiger partial charge is 0.416 e. The fraction of sp³-hybridized carbons (Fsp3) is 0.364. The topological polar surface area (TPSA) is 54.6 Å². The molecule has 3 aromatic rings. The van der Waals surface area contributed by atoms with Gasteiger partial charge in [0.25, 0.3) is 5.56 Å². The average Bonchev–Trinajstić information content (AvgIpc) is 2.73. The molecule has 0 radical (unpaired) electrons. The van der Waals surface area contributed by atoms with Gasteiger partial charge in [-0.05, 0) is 31.2 Å². The Bertz CT molecular complexity index is 1090. The predicted octanol–water partition coefficient (Wildman–Crippen LogP) is 0.987. The lowest BCUT2D eigenvalue weighted by Crippen LogP contribution is -3.27. The lowest BCUT2D eigenvalue weighted by molar-refractivity contribution is -1.03. The second-order valence-electron chi connectivity index (χ2n) is 7.97. The molecular formula is C22H25F3N4O+2. The summed E-state index contributed by atoms with van der Waals surface area (Å²) >= 11 is 0. The zero-order valence-electron chi connectivity index (χ0n) is 16.7. The monoisotopic (exact) mass is 418 g/mol. The Hall–Kier alpha value is -2.71. The Morgan fingerprint density at radius 2 is 1.80 bits per heavy atom. The first kappa shape index (κ1) is 20.6. The van der Waals surface area contributed by atoms with E-state index in [1.54, 1.807) is 12.1 Å². The van der Waals surface area contributed by atoms with Gasteiger partial charge in [-0.1, -0.05) is 24.3 Å². The standard InChI is InChI=1S/C22H23F3N4O/c1-15(20-26-19-8-3-2-7-18(19)21(30)27-20)29-11-9-28(10-12-29)14-16-5-4-6-17(13-16)22(23,24)25/h2-8,13,15H,9-12,14H2,1H3,(H,26,27,30)/p+2/t15-/m1/s1. The molecule has 8 heteroatoms. The SMILES string of the molecule is C[C@H](c1nc2ccccc2c(=O)[nH]1)[NH+]1CC[NH+](Cc2cccc(C(F)(F)F)c2)CC1. The summed E-state index contributed by atoms with van der Waals surface area (Å²) in [6.07, 6.45) is -4.31. The van der Waals surface area contributed by atoms with Crippen molar-refractivity contribution in [2.24, 2.45) is 0 Å². The number of nitrogens with one attached hydrogen (secondary N) is 3. The molecule has 0 aliphatic carbocycles. The number of H-pyrrole nitrogens is 1.